The van der Waals surface area contributed by atoms with Crippen LogP contribution in [0.1, 0.15) is 26.7 Å². The quantitative estimate of drug-likeness (QED) is 0.655. The molecule has 0 aromatic carbocycles. The Hall–Kier alpha value is -0.150. The fourth-order valence-electron chi connectivity index (χ4n) is 1.45. The van der Waals surface area contributed by atoms with Crippen molar-refractivity contribution in [3.8, 4) is 0 Å². The van der Waals surface area contributed by atoms with E-state index < -0.39 is 0 Å². The first-order chi connectivity index (χ1) is 5.70. The molecule has 2 nitrogen and oxygen atoms in total. The summed E-state index contributed by atoms with van der Waals surface area (Å²) < 4.78 is 9.50. The molecule has 1 aliphatic heterocycles. The fraction of sp³-hybridized carbons (Fsp3) is 1.00. The summed E-state index contributed by atoms with van der Waals surface area (Å²) in [6.07, 6.45) is 2.07. The van der Waals surface area contributed by atoms with E-state index in [1.54, 1.807) is 0 Å². The molecule has 0 aromatic rings. The number of aliphatic hydroxyl groups excluding tert-OH is 1. The first kappa shape index (κ1) is 11.8. The summed E-state index contributed by atoms with van der Waals surface area (Å²) in [4.78, 5) is 2.33. The minimum Gasteiger partial charge on any atom is -0.392 e. The van der Waals surface area contributed by atoms with Crippen molar-refractivity contribution in [1.82, 2.24) is 4.90 Å². The van der Waals surface area contributed by atoms with E-state index in [1.807, 2.05) is 0 Å². The van der Waals surface area contributed by atoms with Crippen LogP contribution in [0.25, 0.3) is 0 Å². The smallest absolute Gasteiger partial charge is 0.0785 e. The van der Waals surface area contributed by atoms with Crippen LogP contribution in [-0.4, -0.2) is 42.4 Å². The first-order valence-electron chi connectivity index (χ1n) is 4.50. The van der Waals surface area contributed by atoms with Gasteiger partial charge < -0.3 is 5.11 Å². The summed E-state index contributed by atoms with van der Waals surface area (Å²) in [5.74, 6) is 0. The lowest BCUT2D eigenvalue weighted by Gasteiger charge is -2.32. The van der Waals surface area contributed by atoms with Crippen LogP contribution >= 0.6 is 0 Å². The van der Waals surface area contributed by atoms with Crippen molar-refractivity contribution >= 4 is 0 Å². The highest BCUT2D eigenvalue weighted by Gasteiger charge is 2.18. The average molecular weight is 177 g/mol. The molecule has 1 unspecified atom stereocenters. The maximum Gasteiger partial charge on any atom is 0.0785 e. The average Bonchev–Trinajstić information content (AvgIpc) is 2.08. The predicted octanol–water partition coefficient (Wildman–Crippen LogP) is 1.44. The van der Waals surface area contributed by atoms with Crippen LogP contribution in [0.4, 0.5) is 4.39 Å². The second-order valence-electron chi connectivity index (χ2n) is 3.38. The number of β-amino-alcohol motifs (C(OH)–C–C–N with tert-alkyl or cyclic N) is 1. The molecule has 0 aliphatic carbocycles. The topological polar surface area (TPSA) is 23.5 Å². The molecule has 1 atom stereocenters. The van der Waals surface area contributed by atoms with Crippen molar-refractivity contribution in [2.75, 3.05) is 20.3 Å². The van der Waals surface area contributed by atoms with Crippen molar-refractivity contribution in [3.05, 3.63) is 0 Å². The lowest BCUT2D eigenvalue weighted by atomic mass is 10.1. The van der Waals surface area contributed by atoms with Crippen LogP contribution in [-0.2, 0) is 0 Å². The Morgan fingerprint density at radius 1 is 1.42 bits per heavy atom. The monoisotopic (exact) mass is 177 g/mol. The zero-order chi connectivity index (χ0) is 9.56. The molecular weight excluding hydrogens is 157 g/mol. The summed E-state index contributed by atoms with van der Waals surface area (Å²) in [5.41, 5.74) is 0. The van der Waals surface area contributed by atoms with Gasteiger partial charge in [0.15, 0.2) is 0 Å². The summed E-state index contributed by atoms with van der Waals surface area (Å²) >= 11 is 0. The van der Waals surface area contributed by atoms with E-state index in [1.165, 1.54) is 0 Å². The SMILES string of the molecule is CC(C)N1CCCC(O)C1.CF. The molecule has 74 valence electrons. The third kappa shape index (κ3) is 4.02. The maximum atomic E-state index is 9.50. The number of nitrogens with zero attached hydrogens (tertiary/aromatic N) is 1. The van der Waals surface area contributed by atoms with Gasteiger partial charge in [-0.2, -0.15) is 0 Å². The van der Waals surface area contributed by atoms with Crippen LogP contribution < -0.4 is 0 Å². The molecule has 0 aromatic heterocycles. The van der Waals surface area contributed by atoms with E-state index in [4.69, 9.17) is 0 Å². The Kier molecular flexibility index (Phi) is 6.30. The van der Waals surface area contributed by atoms with Crippen molar-refractivity contribution in [3.63, 3.8) is 0 Å². The largest absolute Gasteiger partial charge is 0.392 e. The van der Waals surface area contributed by atoms with Crippen molar-refractivity contribution in [2.24, 2.45) is 0 Å². The van der Waals surface area contributed by atoms with Crippen LogP contribution in [0.3, 0.4) is 0 Å². The highest BCUT2D eigenvalue weighted by atomic mass is 19.1. The minimum absolute atomic E-state index is 0.0730. The zero-order valence-corrected chi connectivity index (χ0v) is 8.26. The van der Waals surface area contributed by atoms with Gasteiger partial charge in [0, 0.05) is 12.6 Å². The number of rotatable bonds is 1. The van der Waals surface area contributed by atoms with E-state index in [0.717, 1.165) is 25.9 Å². The third-order valence-corrected chi connectivity index (χ3v) is 2.16. The van der Waals surface area contributed by atoms with E-state index in [2.05, 4.69) is 18.7 Å². The third-order valence-electron chi connectivity index (χ3n) is 2.16. The fourth-order valence-corrected chi connectivity index (χ4v) is 1.45. The van der Waals surface area contributed by atoms with Gasteiger partial charge in [-0.15, -0.1) is 0 Å². The number of hydrogen-bond donors (Lipinski definition) is 1. The Bertz CT molecular complexity index is 109. The molecule has 1 heterocycles. The minimum atomic E-state index is -0.0730. The number of hydrogen-bond acceptors (Lipinski definition) is 2. The molecule has 0 amide bonds. The van der Waals surface area contributed by atoms with Crippen molar-refractivity contribution in [2.45, 2.75) is 38.8 Å². The van der Waals surface area contributed by atoms with Crippen LogP contribution in [0.5, 0.6) is 0 Å². The highest BCUT2D eigenvalue weighted by Crippen LogP contribution is 2.11. The Labute approximate surface area is 74.4 Å². The summed E-state index contributed by atoms with van der Waals surface area (Å²) in [5, 5.41) is 9.29. The van der Waals surface area contributed by atoms with E-state index in [9.17, 15) is 9.50 Å². The first-order valence-corrected chi connectivity index (χ1v) is 4.50. The summed E-state index contributed by atoms with van der Waals surface area (Å²) in [7, 11) is 0.500. The van der Waals surface area contributed by atoms with E-state index in [0.29, 0.717) is 13.2 Å². The van der Waals surface area contributed by atoms with E-state index in [-0.39, 0.29) is 6.10 Å². The number of alkyl halides is 1. The normalized spacial score (nSPS) is 25.0. The van der Waals surface area contributed by atoms with Gasteiger partial charge in [-0.05, 0) is 33.2 Å². The molecule has 12 heavy (non-hydrogen) atoms. The van der Waals surface area contributed by atoms with Gasteiger partial charge in [0.2, 0.25) is 0 Å². The van der Waals surface area contributed by atoms with Gasteiger partial charge in [-0.1, -0.05) is 0 Å². The Morgan fingerprint density at radius 3 is 2.33 bits per heavy atom. The van der Waals surface area contributed by atoms with Crippen molar-refractivity contribution in [1.29, 1.82) is 0 Å². The molecule has 0 radical (unpaired) electrons. The predicted molar refractivity (Wildman–Crippen MR) is 49.0 cm³/mol. The molecule has 1 saturated heterocycles. The zero-order valence-electron chi connectivity index (χ0n) is 8.26. The molecule has 1 rings (SSSR count). The van der Waals surface area contributed by atoms with Crippen molar-refractivity contribution < 1.29 is 9.50 Å². The summed E-state index contributed by atoms with van der Waals surface area (Å²) in [6.45, 7) is 6.39. The molecule has 1 N–H and O–H groups in total. The van der Waals surface area contributed by atoms with Gasteiger partial charge in [0.05, 0.1) is 13.3 Å². The van der Waals surface area contributed by atoms with Crippen LogP contribution in [0.15, 0.2) is 0 Å². The van der Waals surface area contributed by atoms with Gasteiger partial charge in [0.25, 0.3) is 0 Å². The lowest BCUT2D eigenvalue weighted by Crippen LogP contribution is -2.42. The van der Waals surface area contributed by atoms with Gasteiger partial charge in [-0.25, -0.2) is 0 Å². The molecule has 3 heteroatoms. The Morgan fingerprint density at radius 2 is 2.00 bits per heavy atom. The highest BCUT2D eigenvalue weighted by molar-refractivity contribution is 4.73. The standard InChI is InChI=1S/C8H17NO.CH3F/c1-7(2)9-5-3-4-8(10)6-9;1-2/h7-8,10H,3-6H2,1-2H3;1H3. The lowest BCUT2D eigenvalue weighted by molar-refractivity contribution is 0.0547. The van der Waals surface area contributed by atoms with E-state index >= 15 is 0 Å². The molecule has 0 bridgehead atoms. The molecule has 0 spiro atoms. The second kappa shape index (κ2) is 6.38. The maximum absolute atomic E-state index is 9.50. The number of aliphatic hydroxyl groups is 1. The molecule has 1 fully saturated rings. The molecule has 0 saturated carbocycles. The second-order valence-corrected chi connectivity index (χ2v) is 3.38. The van der Waals surface area contributed by atoms with Crippen LogP contribution in [0.2, 0.25) is 0 Å². The summed E-state index contributed by atoms with van der Waals surface area (Å²) in [6, 6.07) is 0.593. The number of likely N-dealkylation sites (tertiary alicyclic amines) is 1. The number of halogens is 1. The Balaban J connectivity index is 0.000000561. The molecule has 1 aliphatic rings. The molecular formula is C9H20FNO. The number of piperidine rings is 1. The van der Waals surface area contributed by atoms with Gasteiger partial charge in [0.1, 0.15) is 0 Å². The van der Waals surface area contributed by atoms with Crippen LogP contribution in [0, 0.1) is 0 Å². The van der Waals surface area contributed by atoms with Gasteiger partial charge >= 0.3 is 0 Å². The van der Waals surface area contributed by atoms with Gasteiger partial charge in [-0.3, -0.25) is 9.29 Å².